The Bertz CT molecular complexity index is 690. The van der Waals surface area contributed by atoms with E-state index in [2.05, 4.69) is 4.98 Å². The van der Waals surface area contributed by atoms with Gasteiger partial charge in [0.05, 0.1) is 5.69 Å². The maximum Gasteiger partial charge on any atom is 0.325 e. The Morgan fingerprint density at radius 1 is 1.26 bits per heavy atom. The summed E-state index contributed by atoms with van der Waals surface area (Å²) in [4.78, 5) is 17.8. The molecule has 0 spiro atoms. The molecular formula is C17H18N2O4. The average molecular weight is 314 g/mol. The summed E-state index contributed by atoms with van der Waals surface area (Å²) >= 11 is 0. The largest absolute Gasteiger partial charge is 0.486 e. The van der Waals surface area contributed by atoms with Gasteiger partial charge in [-0.05, 0) is 36.9 Å². The number of aliphatic carboxylic acids is 1. The van der Waals surface area contributed by atoms with Crippen molar-refractivity contribution in [3.8, 4) is 11.5 Å². The van der Waals surface area contributed by atoms with Crippen molar-refractivity contribution < 1.29 is 19.4 Å². The van der Waals surface area contributed by atoms with Crippen LogP contribution >= 0.6 is 0 Å². The fraction of sp³-hybridized carbons (Fsp3) is 0.294. The van der Waals surface area contributed by atoms with Gasteiger partial charge in [0.15, 0.2) is 11.5 Å². The van der Waals surface area contributed by atoms with Gasteiger partial charge >= 0.3 is 5.97 Å². The van der Waals surface area contributed by atoms with E-state index in [0.717, 1.165) is 5.69 Å². The van der Waals surface area contributed by atoms with Crippen molar-refractivity contribution in [1.29, 1.82) is 0 Å². The molecular weight excluding hydrogens is 296 g/mol. The third kappa shape index (κ3) is 3.43. The summed E-state index contributed by atoms with van der Waals surface area (Å²) in [6, 6.07) is 10.1. The number of pyridine rings is 1. The molecule has 1 aliphatic rings. The van der Waals surface area contributed by atoms with E-state index in [1.54, 1.807) is 36.3 Å². The summed E-state index contributed by atoms with van der Waals surface area (Å²) in [6.45, 7) is 1.42. The van der Waals surface area contributed by atoms with Crippen LogP contribution in [0, 0.1) is 0 Å². The van der Waals surface area contributed by atoms with E-state index in [4.69, 9.17) is 9.47 Å². The number of hydrogen-bond donors (Lipinski definition) is 1. The molecule has 0 amide bonds. The number of aromatic nitrogens is 1. The second-order valence-corrected chi connectivity index (χ2v) is 5.38. The number of carbonyl (C=O) groups is 1. The van der Waals surface area contributed by atoms with Gasteiger partial charge in [0.25, 0.3) is 0 Å². The highest BCUT2D eigenvalue weighted by atomic mass is 16.6. The fourth-order valence-corrected chi connectivity index (χ4v) is 2.65. The van der Waals surface area contributed by atoms with Crippen LogP contribution in [0.3, 0.4) is 0 Å². The van der Waals surface area contributed by atoms with Crippen LogP contribution < -0.4 is 9.47 Å². The molecule has 1 unspecified atom stereocenters. The van der Waals surface area contributed by atoms with E-state index in [9.17, 15) is 9.90 Å². The first kappa shape index (κ1) is 15.3. The number of carboxylic acids is 1. The van der Waals surface area contributed by atoms with Crippen molar-refractivity contribution in [2.45, 2.75) is 12.6 Å². The van der Waals surface area contributed by atoms with Crippen LogP contribution in [0.4, 0.5) is 0 Å². The average Bonchev–Trinajstić information content (AvgIpc) is 2.55. The molecule has 23 heavy (non-hydrogen) atoms. The SMILES string of the molecule is CN(Cc1ccccn1)C(C(=O)O)c1ccc2c(c1)OCCO2. The molecule has 1 aliphatic heterocycles. The first-order chi connectivity index (χ1) is 11.1. The summed E-state index contributed by atoms with van der Waals surface area (Å²) in [5, 5.41) is 9.65. The Kier molecular flexibility index (Phi) is 4.43. The lowest BCUT2D eigenvalue weighted by Crippen LogP contribution is -2.31. The molecule has 2 heterocycles. The van der Waals surface area contributed by atoms with Crippen LogP contribution in [-0.2, 0) is 11.3 Å². The highest BCUT2D eigenvalue weighted by molar-refractivity contribution is 5.76. The molecule has 0 saturated carbocycles. The normalized spacial score (nSPS) is 14.5. The number of rotatable bonds is 5. The number of hydrogen-bond acceptors (Lipinski definition) is 5. The Hall–Kier alpha value is -2.60. The quantitative estimate of drug-likeness (QED) is 0.911. The molecule has 6 heteroatoms. The smallest absolute Gasteiger partial charge is 0.325 e. The molecule has 2 aromatic rings. The highest BCUT2D eigenvalue weighted by Gasteiger charge is 2.26. The number of nitrogens with zero attached hydrogens (tertiary/aromatic N) is 2. The Labute approximate surface area is 134 Å². The van der Waals surface area contributed by atoms with E-state index in [1.807, 2.05) is 18.2 Å². The first-order valence-corrected chi connectivity index (χ1v) is 7.37. The standard InChI is InChI=1S/C17H18N2O4/c1-19(11-13-4-2-3-7-18-13)16(17(20)21)12-5-6-14-15(10-12)23-9-8-22-14/h2-7,10,16H,8-9,11H2,1H3,(H,20,21). The van der Waals surface area contributed by atoms with E-state index >= 15 is 0 Å². The molecule has 120 valence electrons. The summed E-state index contributed by atoms with van der Waals surface area (Å²) < 4.78 is 11.0. The van der Waals surface area contributed by atoms with Gasteiger partial charge in [0.1, 0.15) is 19.3 Å². The number of benzene rings is 1. The van der Waals surface area contributed by atoms with Crippen LogP contribution in [-0.4, -0.2) is 41.2 Å². The van der Waals surface area contributed by atoms with E-state index in [0.29, 0.717) is 36.8 Å². The summed E-state index contributed by atoms with van der Waals surface area (Å²) in [5.41, 5.74) is 1.47. The lowest BCUT2D eigenvalue weighted by molar-refractivity contribution is -0.143. The van der Waals surface area contributed by atoms with Crippen molar-refractivity contribution in [3.63, 3.8) is 0 Å². The van der Waals surface area contributed by atoms with Crippen molar-refractivity contribution in [3.05, 3.63) is 53.9 Å². The first-order valence-electron chi connectivity index (χ1n) is 7.37. The zero-order valence-electron chi connectivity index (χ0n) is 12.8. The third-order valence-electron chi connectivity index (χ3n) is 3.69. The predicted octanol–water partition coefficient (Wildman–Crippen LogP) is 2.11. The Morgan fingerprint density at radius 2 is 2.04 bits per heavy atom. The van der Waals surface area contributed by atoms with Crippen LogP contribution in [0.5, 0.6) is 11.5 Å². The van der Waals surface area contributed by atoms with E-state index in [-0.39, 0.29) is 0 Å². The molecule has 0 bridgehead atoms. The van der Waals surface area contributed by atoms with Gasteiger partial charge in [-0.1, -0.05) is 12.1 Å². The Morgan fingerprint density at radius 3 is 2.74 bits per heavy atom. The van der Waals surface area contributed by atoms with Crippen molar-refractivity contribution >= 4 is 5.97 Å². The van der Waals surface area contributed by atoms with Crippen molar-refractivity contribution in [2.75, 3.05) is 20.3 Å². The minimum atomic E-state index is -0.917. The topological polar surface area (TPSA) is 71.9 Å². The molecule has 0 radical (unpaired) electrons. The number of ether oxygens (including phenoxy) is 2. The maximum absolute atomic E-state index is 11.8. The zero-order valence-corrected chi connectivity index (χ0v) is 12.8. The molecule has 1 aromatic carbocycles. The summed E-state index contributed by atoms with van der Waals surface area (Å²) in [5.74, 6) is 0.322. The molecule has 0 fully saturated rings. The van der Waals surface area contributed by atoms with Crippen LogP contribution in [0.15, 0.2) is 42.6 Å². The lowest BCUT2D eigenvalue weighted by Gasteiger charge is -2.26. The van der Waals surface area contributed by atoms with E-state index in [1.165, 1.54) is 0 Å². The Balaban J connectivity index is 1.85. The minimum Gasteiger partial charge on any atom is -0.486 e. The number of likely N-dealkylation sites (N-methyl/N-ethyl adjacent to an activating group) is 1. The number of fused-ring (bicyclic) bond motifs is 1. The van der Waals surface area contributed by atoms with Gasteiger partial charge < -0.3 is 14.6 Å². The van der Waals surface area contributed by atoms with Gasteiger partial charge in [-0.3, -0.25) is 14.7 Å². The predicted molar refractivity (Wildman–Crippen MR) is 83.5 cm³/mol. The summed E-state index contributed by atoms with van der Waals surface area (Å²) in [7, 11) is 1.77. The molecule has 0 aliphatic carbocycles. The van der Waals surface area contributed by atoms with Crippen molar-refractivity contribution in [2.24, 2.45) is 0 Å². The molecule has 1 aromatic heterocycles. The van der Waals surface area contributed by atoms with Gasteiger partial charge in [-0.25, -0.2) is 0 Å². The number of carboxylic acid groups (broad SMARTS) is 1. The van der Waals surface area contributed by atoms with Gasteiger partial charge in [-0.2, -0.15) is 0 Å². The van der Waals surface area contributed by atoms with E-state index < -0.39 is 12.0 Å². The fourth-order valence-electron chi connectivity index (χ4n) is 2.65. The third-order valence-corrected chi connectivity index (χ3v) is 3.69. The molecule has 6 nitrogen and oxygen atoms in total. The van der Waals surface area contributed by atoms with Crippen molar-refractivity contribution in [1.82, 2.24) is 9.88 Å². The lowest BCUT2D eigenvalue weighted by atomic mass is 10.0. The molecule has 1 N–H and O–H groups in total. The summed E-state index contributed by atoms with van der Waals surface area (Å²) in [6.07, 6.45) is 1.70. The molecule has 0 saturated heterocycles. The van der Waals surface area contributed by atoms with Gasteiger partial charge in [-0.15, -0.1) is 0 Å². The second-order valence-electron chi connectivity index (χ2n) is 5.38. The molecule has 1 atom stereocenters. The zero-order chi connectivity index (χ0) is 16.2. The minimum absolute atomic E-state index is 0.437. The maximum atomic E-state index is 11.8. The highest BCUT2D eigenvalue weighted by Crippen LogP contribution is 2.34. The van der Waals surface area contributed by atoms with Gasteiger partial charge in [0.2, 0.25) is 0 Å². The van der Waals surface area contributed by atoms with Crippen LogP contribution in [0.2, 0.25) is 0 Å². The van der Waals surface area contributed by atoms with Crippen LogP contribution in [0.25, 0.3) is 0 Å². The second kappa shape index (κ2) is 6.66. The molecule has 3 rings (SSSR count). The van der Waals surface area contributed by atoms with Gasteiger partial charge in [0, 0.05) is 12.7 Å². The monoisotopic (exact) mass is 314 g/mol. The van der Waals surface area contributed by atoms with Crippen LogP contribution in [0.1, 0.15) is 17.3 Å².